The molecule has 1 aromatic carbocycles. The molecule has 0 saturated carbocycles. The molecule has 19 heavy (non-hydrogen) atoms. The molecule has 0 saturated heterocycles. The quantitative estimate of drug-likeness (QED) is 0.777. The standard InChI is InChI=1S/C12H10FN3O3/c13-8-2-1-3-9(11(8)12(18)19)15-10(17)6-7-4-5-14-16-7/h1-5H,6H2,(H,14,16)(H,15,17)(H,18,19). The van der Waals surface area contributed by atoms with E-state index >= 15 is 0 Å². The molecule has 0 radical (unpaired) electrons. The summed E-state index contributed by atoms with van der Waals surface area (Å²) in [4.78, 5) is 22.6. The van der Waals surface area contributed by atoms with Gasteiger partial charge in [-0.3, -0.25) is 9.89 Å². The number of anilines is 1. The number of carboxylic acid groups (broad SMARTS) is 1. The molecule has 3 N–H and O–H groups in total. The van der Waals surface area contributed by atoms with Crippen LogP contribution in [0.1, 0.15) is 16.1 Å². The van der Waals surface area contributed by atoms with E-state index in [0.29, 0.717) is 5.69 Å². The van der Waals surface area contributed by atoms with Crippen LogP contribution in [0.4, 0.5) is 10.1 Å². The van der Waals surface area contributed by atoms with Gasteiger partial charge in [-0.15, -0.1) is 0 Å². The van der Waals surface area contributed by atoms with Crippen LogP contribution >= 0.6 is 0 Å². The number of carbonyl (C=O) groups excluding carboxylic acids is 1. The Balaban J connectivity index is 2.17. The lowest BCUT2D eigenvalue weighted by Gasteiger charge is -2.08. The second-order valence-electron chi connectivity index (χ2n) is 3.77. The van der Waals surface area contributed by atoms with E-state index in [0.717, 1.165) is 6.07 Å². The van der Waals surface area contributed by atoms with Gasteiger partial charge in [0, 0.05) is 11.9 Å². The van der Waals surface area contributed by atoms with Gasteiger partial charge >= 0.3 is 5.97 Å². The molecule has 1 aromatic heterocycles. The van der Waals surface area contributed by atoms with Gasteiger partial charge in [-0.25, -0.2) is 9.18 Å². The number of nitrogens with one attached hydrogen (secondary N) is 2. The van der Waals surface area contributed by atoms with Crippen molar-refractivity contribution in [1.29, 1.82) is 0 Å². The number of hydrogen-bond donors (Lipinski definition) is 3. The highest BCUT2D eigenvalue weighted by molar-refractivity contribution is 6.01. The van der Waals surface area contributed by atoms with Crippen LogP contribution in [-0.2, 0) is 11.2 Å². The number of benzene rings is 1. The summed E-state index contributed by atoms with van der Waals surface area (Å²) in [5.74, 6) is -2.79. The Hall–Kier alpha value is -2.70. The first-order chi connectivity index (χ1) is 9.08. The third-order valence-electron chi connectivity index (χ3n) is 2.41. The third kappa shape index (κ3) is 2.95. The molecule has 2 aromatic rings. The van der Waals surface area contributed by atoms with Crippen molar-refractivity contribution in [1.82, 2.24) is 10.2 Å². The molecular weight excluding hydrogens is 253 g/mol. The summed E-state index contributed by atoms with van der Waals surface area (Å²) in [5, 5.41) is 17.6. The Morgan fingerprint density at radius 1 is 1.37 bits per heavy atom. The Morgan fingerprint density at radius 2 is 2.16 bits per heavy atom. The number of nitrogens with zero attached hydrogens (tertiary/aromatic N) is 1. The highest BCUT2D eigenvalue weighted by Crippen LogP contribution is 2.19. The molecule has 0 unspecified atom stereocenters. The lowest BCUT2D eigenvalue weighted by Crippen LogP contribution is -2.17. The number of halogens is 1. The molecule has 0 aliphatic rings. The number of aromatic carboxylic acids is 1. The molecule has 0 fully saturated rings. The lowest BCUT2D eigenvalue weighted by molar-refractivity contribution is -0.115. The monoisotopic (exact) mass is 263 g/mol. The van der Waals surface area contributed by atoms with E-state index in [-0.39, 0.29) is 12.1 Å². The fraction of sp³-hybridized carbons (Fsp3) is 0.0833. The maximum atomic E-state index is 13.4. The summed E-state index contributed by atoms with van der Waals surface area (Å²) in [6.07, 6.45) is 1.49. The van der Waals surface area contributed by atoms with Crippen molar-refractivity contribution in [2.75, 3.05) is 5.32 Å². The maximum Gasteiger partial charge on any atom is 0.340 e. The van der Waals surface area contributed by atoms with Gasteiger partial charge < -0.3 is 10.4 Å². The molecule has 0 aliphatic heterocycles. The Kier molecular flexibility index (Phi) is 3.56. The van der Waals surface area contributed by atoms with Crippen LogP contribution in [0.2, 0.25) is 0 Å². The van der Waals surface area contributed by atoms with Gasteiger partial charge in [0.25, 0.3) is 0 Å². The zero-order valence-corrected chi connectivity index (χ0v) is 9.68. The van der Waals surface area contributed by atoms with Gasteiger partial charge in [-0.1, -0.05) is 6.07 Å². The number of carboxylic acids is 1. The smallest absolute Gasteiger partial charge is 0.340 e. The number of carbonyl (C=O) groups is 2. The van der Waals surface area contributed by atoms with Crippen LogP contribution in [0.15, 0.2) is 30.5 Å². The van der Waals surface area contributed by atoms with Gasteiger partial charge in [-0.05, 0) is 18.2 Å². The van der Waals surface area contributed by atoms with Crippen LogP contribution in [-0.4, -0.2) is 27.2 Å². The average molecular weight is 263 g/mol. The lowest BCUT2D eigenvalue weighted by atomic mass is 10.1. The van der Waals surface area contributed by atoms with Crippen LogP contribution in [0.3, 0.4) is 0 Å². The first-order valence-electron chi connectivity index (χ1n) is 5.38. The van der Waals surface area contributed by atoms with E-state index in [1.807, 2.05) is 0 Å². The second-order valence-corrected chi connectivity index (χ2v) is 3.77. The van der Waals surface area contributed by atoms with Crippen LogP contribution in [0.5, 0.6) is 0 Å². The van der Waals surface area contributed by atoms with E-state index in [9.17, 15) is 14.0 Å². The molecule has 0 aliphatic carbocycles. The molecule has 1 heterocycles. The number of amides is 1. The van der Waals surface area contributed by atoms with E-state index in [4.69, 9.17) is 5.11 Å². The number of H-pyrrole nitrogens is 1. The predicted octanol–water partition coefficient (Wildman–Crippen LogP) is 1.43. The number of rotatable bonds is 4. The zero-order valence-electron chi connectivity index (χ0n) is 9.68. The van der Waals surface area contributed by atoms with E-state index in [1.165, 1.54) is 18.3 Å². The van der Waals surface area contributed by atoms with Gasteiger partial charge in [0.15, 0.2) is 0 Å². The summed E-state index contributed by atoms with van der Waals surface area (Å²) in [7, 11) is 0. The molecule has 0 spiro atoms. The van der Waals surface area contributed by atoms with Crippen LogP contribution < -0.4 is 5.32 Å². The fourth-order valence-electron chi connectivity index (χ4n) is 1.60. The Bertz CT molecular complexity index is 611. The minimum atomic E-state index is -1.44. The van der Waals surface area contributed by atoms with Crippen molar-refractivity contribution in [3.8, 4) is 0 Å². The van der Waals surface area contributed by atoms with Crippen molar-refractivity contribution < 1.29 is 19.1 Å². The number of hydrogen-bond acceptors (Lipinski definition) is 3. The first-order valence-corrected chi connectivity index (χ1v) is 5.38. The van der Waals surface area contributed by atoms with E-state index in [2.05, 4.69) is 15.5 Å². The van der Waals surface area contributed by atoms with Crippen molar-refractivity contribution in [2.24, 2.45) is 0 Å². The van der Waals surface area contributed by atoms with Gasteiger partial charge in [0.1, 0.15) is 11.4 Å². The summed E-state index contributed by atoms with van der Waals surface area (Å²) in [6, 6.07) is 5.29. The molecule has 7 heteroatoms. The minimum Gasteiger partial charge on any atom is -0.478 e. The summed E-state index contributed by atoms with van der Waals surface area (Å²) < 4.78 is 13.4. The van der Waals surface area contributed by atoms with Crippen molar-refractivity contribution in [3.63, 3.8) is 0 Å². The van der Waals surface area contributed by atoms with Crippen molar-refractivity contribution in [3.05, 3.63) is 47.5 Å². The molecule has 6 nitrogen and oxygen atoms in total. The normalized spacial score (nSPS) is 10.2. The third-order valence-corrected chi connectivity index (χ3v) is 2.41. The predicted molar refractivity (Wildman–Crippen MR) is 64.3 cm³/mol. The molecule has 2 rings (SSSR count). The van der Waals surface area contributed by atoms with Crippen LogP contribution in [0.25, 0.3) is 0 Å². The average Bonchev–Trinajstić information content (AvgIpc) is 2.81. The second kappa shape index (κ2) is 5.30. The van der Waals surface area contributed by atoms with Gasteiger partial charge in [0.05, 0.1) is 12.1 Å². The fourth-order valence-corrected chi connectivity index (χ4v) is 1.60. The van der Waals surface area contributed by atoms with E-state index in [1.54, 1.807) is 6.07 Å². The number of aromatic amines is 1. The first kappa shape index (κ1) is 12.7. The van der Waals surface area contributed by atoms with E-state index < -0.39 is 23.3 Å². The molecule has 1 amide bonds. The summed E-state index contributed by atoms with van der Waals surface area (Å²) in [6.45, 7) is 0. The maximum absolute atomic E-state index is 13.4. The topological polar surface area (TPSA) is 95.1 Å². The Morgan fingerprint density at radius 3 is 2.79 bits per heavy atom. The van der Waals surface area contributed by atoms with Gasteiger partial charge in [0.2, 0.25) is 5.91 Å². The van der Waals surface area contributed by atoms with Gasteiger partial charge in [-0.2, -0.15) is 5.10 Å². The highest BCUT2D eigenvalue weighted by atomic mass is 19.1. The molecular formula is C12H10FN3O3. The van der Waals surface area contributed by atoms with Crippen molar-refractivity contribution >= 4 is 17.6 Å². The SMILES string of the molecule is O=C(Cc1ccn[nH]1)Nc1cccc(F)c1C(=O)O. The highest BCUT2D eigenvalue weighted by Gasteiger charge is 2.17. The summed E-state index contributed by atoms with van der Waals surface area (Å²) in [5.41, 5.74) is -0.0525. The molecule has 98 valence electrons. The van der Waals surface area contributed by atoms with Crippen LogP contribution in [0, 0.1) is 5.82 Å². The minimum absolute atomic E-state index is 0.00439. The molecule has 0 bridgehead atoms. The molecule has 0 atom stereocenters. The zero-order chi connectivity index (χ0) is 13.8. The summed E-state index contributed by atoms with van der Waals surface area (Å²) >= 11 is 0. The number of aromatic nitrogens is 2. The van der Waals surface area contributed by atoms with Crippen molar-refractivity contribution in [2.45, 2.75) is 6.42 Å². The Labute approximate surface area is 107 Å². The largest absolute Gasteiger partial charge is 0.478 e.